The predicted octanol–water partition coefficient (Wildman–Crippen LogP) is 3.97. The van der Waals surface area contributed by atoms with E-state index in [-0.39, 0.29) is 0 Å². The van der Waals surface area contributed by atoms with Gasteiger partial charge in [0.2, 0.25) is 0 Å². The third-order valence-electron chi connectivity index (χ3n) is 6.23. The molecule has 0 saturated heterocycles. The van der Waals surface area contributed by atoms with Crippen molar-refractivity contribution in [2.75, 3.05) is 0 Å². The lowest BCUT2D eigenvalue weighted by Gasteiger charge is -2.59. The maximum Gasteiger partial charge on any atom is 0.00984 e. The van der Waals surface area contributed by atoms with Gasteiger partial charge in [0.15, 0.2) is 0 Å². The third kappa shape index (κ3) is 2.05. The summed E-state index contributed by atoms with van der Waals surface area (Å²) in [6.07, 6.45) is 11.6. The van der Waals surface area contributed by atoms with E-state index in [1.807, 2.05) is 0 Å². The van der Waals surface area contributed by atoms with Crippen molar-refractivity contribution in [1.29, 1.82) is 0 Å². The number of hydrogen-bond donors (Lipinski definition) is 1. The second-order valence-electron chi connectivity index (χ2n) is 7.64. The Kier molecular flexibility index (Phi) is 3.01. The van der Waals surface area contributed by atoms with Crippen LogP contribution in [0.3, 0.4) is 0 Å². The Morgan fingerprint density at radius 3 is 1.94 bits per heavy atom. The summed E-state index contributed by atoms with van der Waals surface area (Å²) in [5.41, 5.74) is 7.22. The number of hydrogen-bond acceptors (Lipinski definition) is 1. The molecule has 0 aromatic rings. The van der Waals surface area contributed by atoms with Gasteiger partial charge in [-0.05, 0) is 74.0 Å². The van der Waals surface area contributed by atoms with Gasteiger partial charge in [-0.2, -0.15) is 0 Å². The fraction of sp³-hybridized carbons (Fsp3) is 1.00. The van der Waals surface area contributed by atoms with Gasteiger partial charge in [-0.1, -0.05) is 20.3 Å². The van der Waals surface area contributed by atoms with Crippen LogP contribution in [0, 0.1) is 29.1 Å². The van der Waals surface area contributed by atoms with Crippen LogP contribution in [0.5, 0.6) is 0 Å². The molecule has 0 aromatic carbocycles. The highest BCUT2D eigenvalue weighted by Crippen LogP contribution is 2.61. The van der Waals surface area contributed by atoms with Gasteiger partial charge in [0.05, 0.1) is 0 Å². The Labute approximate surface area is 107 Å². The molecule has 0 heterocycles. The quantitative estimate of drug-likeness (QED) is 0.784. The third-order valence-corrected chi connectivity index (χ3v) is 6.23. The van der Waals surface area contributed by atoms with Gasteiger partial charge < -0.3 is 5.73 Å². The minimum Gasteiger partial charge on any atom is -0.327 e. The molecule has 0 aromatic heterocycles. The first-order valence-corrected chi connectivity index (χ1v) is 7.87. The molecule has 17 heavy (non-hydrogen) atoms. The second-order valence-corrected chi connectivity index (χ2v) is 7.64. The monoisotopic (exact) mass is 235 g/mol. The smallest absolute Gasteiger partial charge is 0.00984 e. The lowest BCUT2D eigenvalue weighted by Crippen LogP contribution is -2.54. The molecule has 4 fully saturated rings. The van der Waals surface area contributed by atoms with Crippen molar-refractivity contribution in [1.82, 2.24) is 0 Å². The van der Waals surface area contributed by atoms with Gasteiger partial charge in [0, 0.05) is 6.04 Å². The maximum atomic E-state index is 6.65. The molecule has 4 rings (SSSR count). The Hall–Kier alpha value is -0.0400. The fourth-order valence-electron chi connectivity index (χ4n) is 5.48. The zero-order chi connectivity index (χ0) is 12.0. The zero-order valence-corrected chi connectivity index (χ0v) is 11.6. The standard InChI is InChI=1S/C16H29N/c1-3-11(2)4-15(17)16-8-12-5-13(9-16)7-14(6-12)10-16/h11-15H,3-10,17H2,1-2H3. The highest BCUT2D eigenvalue weighted by atomic mass is 14.7. The topological polar surface area (TPSA) is 26.0 Å². The minimum atomic E-state index is 0.492. The Morgan fingerprint density at radius 2 is 1.53 bits per heavy atom. The maximum absolute atomic E-state index is 6.65. The van der Waals surface area contributed by atoms with Gasteiger partial charge in [-0.3, -0.25) is 0 Å². The molecule has 2 unspecified atom stereocenters. The van der Waals surface area contributed by atoms with E-state index in [0.29, 0.717) is 11.5 Å². The van der Waals surface area contributed by atoms with E-state index in [0.717, 1.165) is 23.7 Å². The van der Waals surface area contributed by atoms with Gasteiger partial charge in [0.1, 0.15) is 0 Å². The van der Waals surface area contributed by atoms with E-state index in [4.69, 9.17) is 5.73 Å². The van der Waals surface area contributed by atoms with Crippen LogP contribution in [0.25, 0.3) is 0 Å². The predicted molar refractivity (Wildman–Crippen MR) is 72.7 cm³/mol. The van der Waals surface area contributed by atoms with Crippen LogP contribution in [0.4, 0.5) is 0 Å². The van der Waals surface area contributed by atoms with Crippen molar-refractivity contribution in [3.8, 4) is 0 Å². The summed E-state index contributed by atoms with van der Waals surface area (Å²) in [6, 6.07) is 0.492. The second kappa shape index (κ2) is 4.26. The fourth-order valence-corrected chi connectivity index (χ4v) is 5.48. The van der Waals surface area contributed by atoms with E-state index in [2.05, 4.69) is 13.8 Å². The first kappa shape index (κ1) is 12.0. The summed E-state index contributed by atoms with van der Waals surface area (Å²) < 4.78 is 0. The molecule has 4 aliphatic carbocycles. The average Bonchev–Trinajstić information content (AvgIpc) is 2.26. The van der Waals surface area contributed by atoms with E-state index < -0.39 is 0 Å². The summed E-state index contributed by atoms with van der Waals surface area (Å²) in [7, 11) is 0. The molecule has 0 amide bonds. The van der Waals surface area contributed by atoms with Gasteiger partial charge in [-0.25, -0.2) is 0 Å². The van der Waals surface area contributed by atoms with Crippen molar-refractivity contribution < 1.29 is 0 Å². The minimum absolute atomic E-state index is 0.492. The van der Waals surface area contributed by atoms with Crippen molar-refractivity contribution in [2.45, 2.75) is 71.3 Å². The van der Waals surface area contributed by atoms with Gasteiger partial charge in [0.25, 0.3) is 0 Å². The highest BCUT2D eigenvalue weighted by Gasteiger charge is 2.53. The SMILES string of the molecule is CCC(C)CC(N)C12CC3CC(CC(C3)C1)C2. The van der Waals surface area contributed by atoms with E-state index in [1.54, 1.807) is 0 Å². The summed E-state index contributed by atoms with van der Waals surface area (Å²) >= 11 is 0. The molecule has 1 heteroatoms. The summed E-state index contributed by atoms with van der Waals surface area (Å²) in [4.78, 5) is 0. The van der Waals surface area contributed by atoms with Crippen LogP contribution < -0.4 is 5.73 Å². The van der Waals surface area contributed by atoms with E-state index >= 15 is 0 Å². The van der Waals surface area contributed by atoms with Crippen LogP contribution >= 0.6 is 0 Å². The van der Waals surface area contributed by atoms with Crippen molar-refractivity contribution >= 4 is 0 Å². The average molecular weight is 235 g/mol. The lowest BCUT2D eigenvalue weighted by atomic mass is 9.47. The molecular weight excluding hydrogens is 206 g/mol. The molecule has 98 valence electrons. The number of nitrogens with two attached hydrogens (primary N) is 1. The first-order valence-electron chi connectivity index (χ1n) is 7.87. The molecule has 4 saturated carbocycles. The van der Waals surface area contributed by atoms with Crippen LogP contribution in [0.1, 0.15) is 65.2 Å². The zero-order valence-electron chi connectivity index (χ0n) is 11.6. The van der Waals surface area contributed by atoms with E-state index in [9.17, 15) is 0 Å². The molecule has 0 aliphatic heterocycles. The molecule has 2 N–H and O–H groups in total. The van der Waals surface area contributed by atoms with Crippen LogP contribution in [0.15, 0.2) is 0 Å². The Balaban J connectivity index is 1.73. The summed E-state index contributed by atoms with van der Waals surface area (Å²) in [5.74, 6) is 3.95. The van der Waals surface area contributed by atoms with Crippen molar-refractivity contribution in [2.24, 2.45) is 34.8 Å². The Morgan fingerprint density at radius 1 is 1.06 bits per heavy atom. The van der Waals surface area contributed by atoms with Crippen LogP contribution in [-0.2, 0) is 0 Å². The highest BCUT2D eigenvalue weighted by molar-refractivity contribution is 5.05. The molecule has 4 aliphatic rings. The Bertz CT molecular complexity index is 248. The molecule has 4 bridgehead atoms. The molecule has 1 nitrogen and oxygen atoms in total. The van der Waals surface area contributed by atoms with Gasteiger partial charge in [-0.15, -0.1) is 0 Å². The molecule has 0 radical (unpaired) electrons. The van der Waals surface area contributed by atoms with Crippen molar-refractivity contribution in [3.05, 3.63) is 0 Å². The van der Waals surface area contributed by atoms with Crippen molar-refractivity contribution in [3.63, 3.8) is 0 Å². The largest absolute Gasteiger partial charge is 0.327 e. The van der Waals surface area contributed by atoms with E-state index in [1.165, 1.54) is 51.4 Å². The lowest BCUT2D eigenvalue weighted by molar-refractivity contribution is -0.0701. The summed E-state index contributed by atoms with van der Waals surface area (Å²) in [5, 5.41) is 0. The summed E-state index contributed by atoms with van der Waals surface area (Å²) in [6.45, 7) is 4.68. The normalized spacial score (nSPS) is 47.1. The van der Waals surface area contributed by atoms with Crippen LogP contribution in [-0.4, -0.2) is 6.04 Å². The molecular formula is C16H29N. The van der Waals surface area contributed by atoms with Crippen LogP contribution in [0.2, 0.25) is 0 Å². The first-order chi connectivity index (χ1) is 8.11. The van der Waals surface area contributed by atoms with Gasteiger partial charge >= 0.3 is 0 Å². The number of rotatable bonds is 4. The molecule has 2 atom stereocenters. The molecule has 0 spiro atoms.